The van der Waals surface area contributed by atoms with E-state index in [1.807, 2.05) is 41.8 Å². The van der Waals surface area contributed by atoms with E-state index >= 15 is 0 Å². The monoisotopic (exact) mass is 405 g/mol. The Morgan fingerprint density at radius 1 is 1.07 bits per heavy atom. The lowest BCUT2D eigenvalue weighted by molar-refractivity contribution is -0.136. The van der Waals surface area contributed by atoms with Gasteiger partial charge < -0.3 is 10.2 Å². The molecule has 0 saturated carbocycles. The zero-order valence-corrected chi connectivity index (χ0v) is 16.8. The highest BCUT2D eigenvalue weighted by molar-refractivity contribution is 7.13. The smallest absolute Gasteiger partial charge is 0.248 e. The predicted octanol–water partition coefficient (Wildman–Crippen LogP) is 4.29. The molecule has 3 aromatic rings. The molecule has 1 atom stereocenters. The molecule has 0 radical (unpaired) electrons. The fraction of sp³-hybridized carbons (Fsp3) is 0.261. The summed E-state index contributed by atoms with van der Waals surface area (Å²) in [6.07, 6.45) is 3.52. The van der Waals surface area contributed by atoms with E-state index < -0.39 is 6.04 Å². The Morgan fingerprint density at radius 3 is 2.31 bits per heavy atom. The standard InChI is InChI=1S/C23H23N3O2S/c27-21(26-14-7-12-20(26)22(28)25-23-24-13-15-29-23)16-19(17-8-3-1-4-9-17)18-10-5-2-6-11-18/h1-6,8-11,13,15,19-20H,7,12,14,16H2,(H,24,25,28). The van der Waals surface area contributed by atoms with E-state index in [0.717, 1.165) is 17.5 Å². The molecule has 29 heavy (non-hydrogen) atoms. The van der Waals surface area contributed by atoms with Crippen LogP contribution in [0.4, 0.5) is 5.13 Å². The van der Waals surface area contributed by atoms with Crippen molar-refractivity contribution in [2.45, 2.75) is 31.2 Å². The number of aromatic nitrogens is 1. The van der Waals surface area contributed by atoms with Crippen molar-refractivity contribution in [2.24, 2.45) is 0 Å². The summed E-state index contributed by atoms with van der Waals surface area (Å²) in [6, 6.07) is 19.7. The van der Waals surface area contributed by atoms with Gasteiger partial charge in [0.2, 0.25) is 11.8 Å². The first kappa shape index (κ1) is 19.3. The molecule has 4 rings (SSSR count). The van der Waals surface area contributed by atoms with Crippen LogP contribution in [-0.4, -0.2) is 34.3 Å². The second-order valence-electron chi connectivity index (χ2n) is 7.15. The topological polar surface area (TPSA) is 62.3 Å². The number of likely N-dealkylation sites (tertiary alicyclic amines) is 1. The number of hydrogen-bond donors (Lipinski definition) is 1. The molecule has 2 amide bonds. The Bertz CT molecular complexity index is 905. The predicted molar refractivity (Wildman–Crippen MR) is 115 cm³/mol. The minimum absolute atomic E-state index is 0.0134. The van der Waals surface area contributed by atoms with E-state index in [2.05, 4.69) is 34.6 Å². The van der Waals surface area contributed by atoms with E-state index in [1.54, 1.807) is 11.1 Å². The van der Waals surface area contributed by atoms with Crippen molar-refractivity contribution in [3.05, 3.63) is 83.4 Å². The summed E-state index contributed by atoms with van der Waals surface area (Å²) in [7, 11) is 0. The van der Waals surface area contributed by atoms with Crippen LogP contribution in [-0.2, 0) is 9.59 Å². The third-order valence-electron chi connectivity index (χ3n) is 5.32. The first-order valence-electron chi connectivity index (χ1n) is 9.82. The summed E-state index contributed by atoms with van der Waals surface area (Å²) in [5, 5.41) is 5.23. The Balaban J connectivity index is 1.51. The lowest BCUT2D eigenvalue weighted by Crippen LogP contribution is -2.43. The molecule has 6 heteroatoms. The molecular formula is C23H23N3O2S. The zero-order chi connectivity index (χ0) is 20.1. The van der Waals surface area contributed by atoms with Gasteiger partial charge in [-0.2, -0.15) is 0 Å². The van der Waals surface area contributed by atoms with Gasteiger partial charge in [0, 0.05) is 30.5 Å². The quantitative estimate of drug-likeness (QED) is 0.665. The maximum atomic E-state index is 13.3. The van der Waals surface area contributed by atoms with Crippen LogP contribution in [0.3, 0.4) is 0 Å². The number of hydrogen-bond acceptors (Lipinski definition) is 4. The molecule has 0 spiro atoms. The average molecular weight is 406 g/mol. The first-order chi connectivity index (χ1) is 14.2. The number of rotatable bonds is 6. The minimum Gasteiger partial charge on any atom is -0.331 e. The molecule has 5 nitrogen and oxygen atoms in total. The van der Waals surface area contributed by atoms with Gasteiger partial charge in [0.1, 0.15) is 6.04 Å². The highest BCUT2D eigenvalue weighted by Gasteiger charge is 2.35. The number of benzene rings is 2. The van der Waals surface area contributed by atoms with Gasteiger partial charge in [-0.05, 0) is 24.0 Å². The van der Waals surface area contributed by atoms with Crippen molar-refractivity contribution in [3.8, 4) is 0 Å². The fourth-order valence-corrected chi connectivity index (χ4v) is 4.43. The molecule has 1 N–H and O–H groups in total. The lowest BCUT2D eigenvalue weighted by Gasteiger charge is -2.26. The number of anilines is 1. The second kappa shape index (κ2) is 9.01. The van der Waals surface area contributed by atoms with E-state index in [0.29, 0.717) is 24.5 Å². The summed E-state index contributed by atoms with van der Waals surface area (Å²) in [4.78, 5) is 31.8. The van der Waals surface area contributed by atoms with Crippen molar-refractivity contribution < 1.29 is 9.59 Å². The molecule has 148 valence electrons. The normalized spacial score (nSPS) is 16.2. The van der Waals surface area contributed by atoms with E-state index in [-0.39, 0.29) is 17.7 Å². The summed E-state index contributed by atoms with van der Waals surface area (Å²) in [6.45, 7) is 0.616. The Morgan fingerprint density at radius 2 is 1.72 bits per heavy atom. The van der Waals surface area contributed by atoms with Crippen LogP contribution < -0.4 is 5.32 Å². The Hall–Kier alpha value is -2.99. The fourth-order valence-electron chi connectivity index (χ4n) is 3.90. The van der Waals surface area contributed by atoms with Gasteiger partial charge in [0.25, 0.3) is 0 Å². The van der Waals surface area contributed by atoms with Crippen LogP contribution in [0.1, 0.15) is 36.3 Å². The van der Waals surface area contributed by atoms with Crippen molar-refractivity contribution in [1.82, 2.24) is 9.88 Å². The molecular weight excluding hydrogens is 382 g/mol. The first-order valence-corrected chi connectivity index (χ1v) is 10.7. The maximum absolute atomic E-state index is 13.3. The average Bonchev–Trinajstić information content (AvgIpc) is 3.45. The van der Waals surface area contributed by atoms with Gasteiger partial charge in [-0.25, -0.2) is 4.98 Å². The van der Waals surface area contributed by atoms with Crippen LogP contribution in [0.25, 0.3) is 0 Å². The van der Waals surface area contributed by atoms with Gasteiger partial charge in [0.15, 0.2) is 5.13 Å². The van der Waals surface area contributed by atoms with Crippen LogP contribution in [0.15, 0.2) is 72.2 Å². The molecule has 2 aromatic carbocycles. The van der Waals surface area contributed by atoms with Gasteiger partial charge >= 0.3 is 0 Å². The number of nitrogens with zero attached hydrogens (tertiary/aromatic N) is 2. The Labute approximate surface area is 174 Å². The number of nitrogens with one attached hydrogen (secondary N) is 1. The third-order valence-corrected chi connectivity index (χ3v) is 6.01. The number of thiazole rings is 1. The van der Waals surface area contributed by atoms with Gasteiger partial charge in [-0.1, -0.05) is 60.7 Å². The molecule has 2 heterocycles. The van der Waals surface area contributed by atoms with E-state index in [1.165, 1.54) is 11.3 Å². The summed E-state index contributed by atoms with van der Waals surface area (Å²) in [5.74, 6) is -0.172. The molecule has 1 saturated heterocycles. The summed E-state index contributed by atoms with van der Waals surface area (Å²) < 4.78 is 0. The van der Waals surface area contributed by atoms with Gasteiger partial charge in [0.05, 0.1) is 0 Å². The Kier molecular flexibility index (Phi) is 6.00. The van der Waals surface area contributed by atoms with Gasteiger partial charge in [-0.3, -0.25) is 9.59 Å². The maximum Gasteiger partial charge on any atom is 0.248 e. The SMILES string of the molecule is O=C(Nc1nccs1)C1CCCN1C(=O)CC(c1ccccc1)c1ccccc1. The molecule has 1 aliphatic rings. The zero-order valence-electron chi connectivity index (χ0n) is 16.0. The summed E-state index contributed by atoms with van der Waals surface area (Å²) in [5.41, 5.74) is 2.21. The highest BCUT2D eigenvalue weighted by Crippen LogP contribution is 2.30. The highest BCUT2D eigenvalue weighted by atomic mass is 32.1. The van der Waals surface area contributed by atoms with Crippen molar-refractivity contribution >= 4 is 28.3 Å². The van der Waals surface area contributed by atoms with E-state index in [4.69, 9.17) is 0 Å². The second-order valence-corrected chi connectivity index (χ2v) is 8.04. The summed E-state index contributed by atoms with van der Waals surface area (Å²) >= 11 is 1.38. The molecule has 1 fully saturated rings. The van der Waals surface area contributed by atoms with Crippen LogP contribution >= 0.6 is 11.3 Å². The van der Waals surface area contributed by atoms with Crippen LogP contribution in [0.2, 0.25) is 0 Å². The minimum atomic E-state index is -0.432. The largest absolute Gasteiger partial charge is 0.331 e. The lowest BCUT2D eigenvalue weighted by atomic mass is 9.88. The van der Waals surface area contributed by atoms with Crippen molar-refractivity contribution in [1.29, 1.82) is 0 Å². The van der Waals surface area contributed by atoms with Crippen LogP contribution in [0.5, 0.6) is 0 Å². The molecule has 0 bridgehead atoms. The molecule has 1 aromatic heterocycles. The third kappa shape index (κ3) is 4.54. The number of amides is 2. The van der Waals surface area contributed by atoms with Crippen molar-refractivity contribution in [2.75, 3.05) is 11.9 Å². The van der Waals surface area contributed by atoms with Crippen LogP contribution in [0, 0.1) is 0 Å². The molecule has 1 aliphatic heterocycles. The number of carbonyl (C=O) groups excluding carboxylic acids is 2. The van der Waals surface area contributed by atoms with Crippen molar-refractivity contribution in [3.63, 3.8) is 0 Å². The number of carbonyl (C=O) groups is 2. The molecule has 1 unspecified atom stereocenters. The van der Waals surface area contributed by atoms with Gasteiger partial charge in [-0.15, -0.1) is 11.3 Å². The molecule has 0 aliphatic carbocycles. The van der Waals surface area contributed by atoms with E-state index in [9.17, 15) is 9.59 Å².